The third kappa shape index (κ3) is 1.87. The Bertz CT molecular complexity index is 779. The monoisotopic (exact) mass is 345 g/mol. The highest BCUT2D eigenvalue weighted by Crippen LogP contribution is 2.57. The van der Waals surface area contributed by atoms with Crippen molar-refractivity contribution in [3.8, 4) is 0 Å². The average Bonchev–Trinajstić information content (AvgIpc) is 3.19. The summed E-state index contributed by atoms with van der Waals surface area (Å²) in [6.07, 6.45) is 5.87. The summed E-state index contributed by atoms with van der Waals surface area (Å²) in [5.41, 5.74) is 2.72. The lowest BCUT2D eigenvalue weighted by Gasteiger charge is -2.19. The first kappa shape index (κ1) is 13.1. The lowest BCUT2D eigenvalue weighted by molar-refractivity contribution is 0.699. The molecule has 108 valence electrons. The zero-order chi connectivity index (χ0) is 14.6. The van der Waals surface area contributed by atoms with Crippen molar-refractivity contribution in [3.05, 3.63) is 51.0 Å². The molecular formula is C16H16BrN3O. The van der Waals surface area contributed by atoms with E-state index in [9.17, 15) is 4.79 Å². The second-order valence-electron chi connectivity index (χ2n) is 5.87. The van der Waals surface area contributed by atoms with Gasteiger partial charge in [-0.2, -0.15) is 0 Å². The fourth-order valence-electron chi connectivity index (χ4n) is 3.29. The summed E-state index contributed by atoms with van der Waals surface area (Å²) in [5.74, 6) is 0.544. The number of hydrogen-bond acceptors (Lipinski definition) is 3. The topological polar surface area (TPSA) is 38.1 Å². The highest BCUT2D eigenvalue weighted by Gasteiger charge is 2.52. The molecule has 5 heteroatoms. The molecule has 1 aromatic carbocycles. The largest absolute Gasteiger partial charge is 0.321 e. The molecule has 2 aliphatic rings. The zero-order valence-corrected chi connectivity index (χ0v) is 13.4. The molecule has 21 heavy (non-hydrogen) atoms. The number of hydrogen-bond donors (Lipinski definition) is 0. The van der Waals surface area contributed by atoms with Gasteiger partial charge in [-0.3, -0.25) is 4.79 Å². The number of fused-ring (bicyclic) bond motifs is 2. The standard InChI is InChI=1S/C16H16BrN3O/c1-2-19-8-7-18-14(15(19)21)20-10-16(5-6-16)12-4-3-11(17)9-13(12)20/h3-4,7-9H,2,5-6,10H2,1H3. The smallest absolute Gasteiger partial charge is 0.293 e. The summed E-state index contributed by atoms with van der Waals surface area (Å²) >= 11 is 3.54. The van der Waals surface area contributed by atoms with Gasteiger partial charge in [0.05, 0.1) is 0 Å². The highest BCUT2D eigenvalue weighted by atomic mass is 79.9. The molecule has 1 fully saturated rings. The fraction of sp³-hybridized carbons (Fsp3) is 0.375. The fourth-order valence-corrected chi connectivity index (χ4v) is 3.64. The van der Waals surface area contributed by atoms with Crippen molar-refractivity contribution in [2.45, 2.75) is 31.7 Å². The third-order valence-corrected chi connectivity index (χ3v) is 5.12. The maximum absolute atomic E-state index is 12.6. The molecule has 1 spiro atoms. The van der Waals surface area contributed by atoms with E-state index in [1.54, 1.807) is 17.0 Å². The van der Waals surface area contributed by atoms with Crippen LogP contribution in [0.1, 0.15) is 25.3 Å². The molecule has 0 unspecified atom stereocenters. The van der Waals surface area contributed by atoms with E-state index in [1.807, 2.05) is 6.92 Å². The second-order valence-corrected chi connectivity index (χ2v) is 6.79. The molecule has 0 atom stereocenters. The Kier molecular flexibility index (Phi) is 2.76. The molecule has 0 N–H and O–H groups in total. The van der Waals surface area contributed by atoms with Gasteiger partial charge >= 0.3 is 0 Å². The first-order chi connectivity index (χ1) is 10.1. The maximum atomic E-state index is 12.6. The summed E-state index contributed by atoms with van der Waals surface area (Å²) < 4.78 is 2.74. The normalized spacial score (nSPS) is 18.1. The van der Waals surface area contributed by atoms with Crippen molar-refractivity contribution in [2.24, 2.45) is 0 Å². The zero-order valence-electron chi connectivity index (χ0n) is 11.8. The Morgan fingerprint density at radius 2 is 2.19 bits per heavy atom. The molecular weight excluding hydrogens is 330 g/mol. The van der Waals surface area contributed by atoms with Gasteiger partial charge in [0.15, 0.2) is 5.82 Å². The van der Waals surface area contributed by atoms with Gasteiger partial charge in [0, 0.05) is 41.1 Å². The SMILES string of the molecule is CCn1ccnc(N2CC3(CC3)c3ccc(Br)cc32)c1=O. The molecule has 4 nitrogen and oxygen atoms in total. The van der Waals surface area contributed by atoms with Gasteiger partial charge in [-0.05, 0) is 37.5 Å². The molecule has 1 aliphatic carbocycles. The third-order valence-electron chi connectivity index (χ3n) is 4.63. The minimum Gasteiger partial charge on any atom is -0.321 e. The van der Waals surface area contributed by atoms with E-state index in [0.29, 0.717) is 12.4 Å². The second kappa shape index (κ2) is 4.44. The molecule has 0 bridgehead atoms. The minimum absolute atomic E-state index is 0.0105. The average molecular weight is 346 g/mol. The van der Waals surface area contributed by atoms with Gasteiger partial charge in [0.25, 0.3) is 5.56 Å². The van der Waals surface area contributed by atoms with Crippen LogP contribution < -0.4 is 10.5 Å². The summed E-state index contributed by atoms with van der Waals surface area (Å²) in [7, 11) is 0. The number of benzene rings is 1. The van der Waals surface area contributed by atoms with Crippen LogP contribution in [0, 0.1) is 0 Å². The Labute approximate surface area is 131 Å². The number of nitrogens with zero attached hydrogens (tertiary/aromatic N) is 3. The Morgan fingerprint density at radius 3 is 2.90 bits per heavy atom. The van der Waals surface area contributed by atoms with Crippen molar-refractivity contribution < 1.29 is 0 Å². The van der Waals surface area contributed by atoms with E-state index in [-0.39, 0.29) is 11.0 Å². The van der Waals surface area contributed by atoms with Crippen LogP contribution >= 0.6 is 15.9 Å². The quantitative estimate of drug-likeness (QED) is 0.838. The van der Waals surface area contributed by atoms with Gasteiger partial charge in [-0.15, -0.1) is 0 Å². The molecule has 0 radical (unpaired) electrons. The van der Waals surface area contributed by atoms with Crippen molar-refractivity contribution in [1.29, 1.82) is 0 Å². The molecule has 1 aliphatic heterocycles. The van der Waals surface area contributed by atoms with Crippen LogP contribution in [-0.2, 0) is 12.0 Å². The first-order valence-corrected chi connectivity index (χ1v) is 8.07. The van der Waals surface area contributed by atoms with Crippen LogP contribution in [0.2, 0.25) is 0 Å². The van der Waals surface area contributed by atoms with E-state index in [1.165, 1.54) is 18.4 Å². The predicted octanol–water partition coefficient (Wildman–Crippen LogP) is 3.21. The summed E-state index contributed by atoms with van der Waals surface area (Å²) in [6, 6.07) is 6.38. The molecule has 1 aromatic heterocycles. The molecule has 0 amide bonds. The van der Waals surface area contributed by atoms with Crippen LogP contribution in [-0.4, -0.2) is 16.1 Å². The number of halogens is 1. The van der Waals surface area contributed by atoms with Crippen molar-refractivity contribution >= 4 is 27.4 Å². The number of rotatable bonds is 2. The van der Waals surface area contributed by atoms with Crippen molar-refractivity contribution in [3.63, 3.8) is 0 Å². The Balaban J connectivity index is 1.89. The van der Waals surface area contributed by atoms with Crippen molar-refractivity contribution in [2.75, 3.05) is 11.4 Å². The summed E-state index contributed by atoms with van der Waals surface area (Å²) in [4.78, 5) is 19.0. The van der Waals surface area contributed by atoms with E-state index in [0.717, 1.165) is 16.7 Å². The lowest BCUT2D eigenvalue weighted by atomic mass is 9.99. The first-order valence-electron chi connectivity index (χ1n) is 7.28. The van der Waals surface area contributed by atoms with E-state index in [2.05, 4.69) is 44.0 Å². The molecule has 2 aromatic rings. The number of aryl methyl sites for hydroxylation is 1. The number of anilines is 2. The van der Waals surface area contributed by atoms with Crippen LogP contribution in [0.4, 0.5) is 11.5 Å². The summed E-state index contributed by atoms with van der Waals surface area (Å²) in [5, 5.41) is 0. The molecule has 1 saturated carbocycles. The highest BCUT2D eigenvalue weighted by molar-refractivity contribution is 9.10. The van der Waals surface area contributed by atoms with Crippen molar-refractivity contribution in [1.82, 2.24) is 9.55 Å². The summed E-state index contributed by atoms with van der Waals surface area (Å²) in [6.45, 7) is 3.51. The Morgan fingerprint density at radius 1 is 1.38 bits per heavy atom. The Hall–Kier alpha value is -1.62. The minimum atomic E-state index is -0.0105. The predicted molar refractivity (Wildman–Crippen MR) is 86.2 cm³/mol. The molecule has 0 saturated heterocycles. The van der Waals surface area contributed by atoms with E-state index in [4.69, 9.17) is 0 Å². The lowest BCUT2D eigenvalue weighted by Crippen LogP contribution is -2.30. The van der Waals surface area contributed by atoms with Gasteiger partial charge in [-0.1, -0.05) is 22.0 Å². The van der Waals surface area contributed by atoms with E-state index >= 15 is 0 Å². The maximum Gasteiger partial charge on any atom is 0.293 e. The van der Waals surface area contributed by atoms with Crippen LogP contribution in [0.15, 0.2) is 39.9 Å². The van der Waals surface area contributed by atoms with Gasteiger partial charge in [0.1, 0.15) is 0 Å². The van der Waals surface area contributed by atoms with E-state index < -0.39 is 0 Å². The van der Waals surface area contributed by atoms with Gasteiger partial charge in [-0.25, -0.2) is 4.98 Å². The van der Waals surface area contributed by atoms with Crippen LogP contribution in [0.25, 0.3) is 0 Å². The van der Waals surface area contributed by atoms with Crippen LogP contribution in [0.3, 0.4) is 0 Å². The number of aromatic nitrogens is 2. The van der Waals surface area contributed by atoms with Gasteiger partial charge in [0.2, 0.25) is 0 Å². The molecule has 4 rings (SSSR count). The molecule has 2 heterocycles. The van der Waals surface area contributed by atoms with Gasteiger partial charge < -0.3 is 9.47 Å². The van der Waals surface area contributed by atoms with Crippen LogP contribution in [0.5, 0.6) is 0 Å².